The van der Waals surface area contributed by atoms with Gasteiger partial charge in [0.1, 0.15) is 0 Å². The van der Waals surface area contributed by atoms with Gasteiger partial charge in [0.25, 0.3) is 0 Å². The lowest BCUT2D eigenvalue weighted by Gasteiger charge is -2.30. The van der Waals surface area contributed by atoms with Gasteiger partial charge in [-0.25, -0.2) is 0 Å². The molecule has 3 heteroatoms. The third-order valence-corrected chi connectivity index (χ3v) is 2.61. The molecular weight excluding hydrogens is 164 g/mol. The second kappa shape index (κ2) is 7.30. The molecule has 0 radical (unpaired) electrons. The summed E-state index contributed by atoms with van der Waals surface area (Å²) in [6.07, 6.45) is 1.18. The zero-order valence-electron chi connectivity index (χ0n) is 9.63. The maximum atomic E-state index is 5.12. The number of rotatable bonds is 7. The average Bonchev–Trinajstić information content (AvgIpc) is 2.13. The second-order valence-corrected chi connectivity index (χ2v) is 3.71. The third kappa shape index (κ3) is 5.24. The number of ether oxygens (including phenoxy) is 1. The molecule has 2 unspecified atom stereocenters. The fourth-order valence-corrected chi connectivity index (χ4v) is 1.35. The molecule has 1 N–H and O–H groups in total. The van der Waals surface area contributed by atoms with Gasteiger partial charge in [-0.3, -0.25) is 4.90 Å². The van der Waals surface area contributed by atoms with Gasteiger partial charge in [-0.2, -0.15) is 0 Å². The van der Waals surface area contributed by atoms with Crippen LogP contribution in [-0.2, 0) is 4.74 Å². The fraction of sp³-hybridized carbons (Fsp3) is 1.00. The maximum Gasteiger partial charge on any atom is 0.0615 e. The zero-order valence-corrected chi connectivity index (χ0v) is 9.63. The van der Waals surface area contributed by atoms with Crippen molar-refractivity contribution in [2.45, 2.75) is 32.4 Å². The van der Waals surface area contributed by atoms with Crippen molar-refractivity contribution in [2.24, 2.45) is 0 Å². The van der Waals surface area contributed by atoms with E-state index in [2.05, 4.69) is 31.1 Å². The van der Waals surface area contributed by atoms with Crippen LogP contribution in [0.5, 0.6) is 0 Å². The van der Waals surface area contributed by atoms with Crippen LogP contribution in [0.3, 0.4) is 0 Å². The van der Waals surface area contributed by atoms with E-state index in [4.69, 9.17) is 4.74 Å². The minimum absolute atomic E-state index is 0.497. The van der Waals surface area contributed by atoms with Gasteiger partial charge in [0, 0.05) is 19.2 Å². The fourth-order valence-electron chi connectivity index (χ4n) is 1.35. The molecule has 0 spiro atoms. The normalized spacial score (nSPS) is 16.2. The van der Waals surface area contributed by atoms with Crippen LogP contribution >= 0.6 is 0 Å². The van der Waals surface area contributed by atoms with E-state index in [0.717, 1.165) is 13.2 Å². The van der Waals surface area contributed by atoms with Crippen LogP contribution in [0, 0.1) is 0 Å². The number of nitrogens with zero attached hydrogens (tertiary/aromatic N) is 1. The highest BCUT2D eigenvalue weighted by atomic mass is 16.5. The molecule has 0 aliphatic heterocycles. The summed E-state index contributed by atoms with van der Waals surface area (Å²) in [5.41, 5.74) is 0. The highest BCUT2D eigenvalue weighted by Crippen LogP contribution is 2.05. The molecule has 2 atom stereocenters. The van der Waals surface area contributed by atoms with Crippen LogP contribution in [0.15, 0.2) is 0 Å². The van der Waals surface area contributed by atoms with Gasteiger partial charge in [0.15, 0.2) is 0 Å². The molecule has 13 heavy (non-hydrogen) atoms. The van der Waals surface area contributed by atoms with Crippen LogP contribution in [0.25, 0.3) is 0 Å². The average molecular weight is 188 g/mol. The predicted molar refractivity (Wildman–Crippen MR) is 57.1 cm³/mol. The molecule has 0 fully saturated rings. The van der Waals surface area contributed by atoms with Gasteiger partial charge in [0.2, 0.25) is 0 Å². The van der Waals surface area contributed by atoms with Crippen molar-refractivity contribution < 1.29 is 4.74 Å². The monoisotopic (exact) mass is 188 g/mol. The standard InChI is InChI=1S/C10H24N2O/c1-9(6-7-11-3)12(4)10(2)8-13-5/h9-11H,6-8H2,1-5H3. The predicted octanol–water partition coefficient (Wildman–Crippen LogP) is 0.951. The Balaban J connectivity index is 3.71. The van der Waals surface area contributed by atoms with Crippen molar-refractivity contribution >= 4 is 0 Å². The molecule has 80 valence electrons. The Morgan fingerprint density at radius 1 is 1.31 bits per heavy atom. The summed E-state index contributed by atoms with van der Waals surface area (Å²) in [7, 11) is 5.90. The first-order chi connectivity index (χ1) is 6.13. The quantitative estimate of drug-likeness (QED) is 0.644. The molecule has 0 heterocycles. The molecule has 0 saturated heterocycles. The lowest BCUT2D eigenvalue weighted by molar-refractivity contribution is 0.0915. The Morgan fingerprint density at radius 3 is 2.38 bits per heavy atom. The van der Waals surface area contributed by atoms with Crippen molar-refractivity contribution in [2.75, 3.05) is 34.4 Å². The van der Waals surface area contributed by atoms with Crippen molar-refractivity contribution in [3.63, 3.8) is 0 Å². The Morgan fingerprint density at radius 2 is 1.92 bits per heavy atom. The Labute approximate surface area is 82.4 Å². The summed E-state index contributed by atoms with van der Waals surface area (Å²) in [5.74, 6) is 0. The number of hydrogen-bond donors (Lipinski definition) is 1. The number of nitrogens with one attached hydrogen (secondary N) is 1. The summed E-state index contributed by atoms with van der Waals surface area (Å²) < 4.78 is 5.12. The number of hydrogen-bond acceptors (Lipinski definition) is 3. The second-order valence-electron chi connectivity index (χ2n) is 3.71. The van der Waals surface area contributed by atoms with Crippen LogP contribution in [0.4, 0.5) is 0 Å². The van der Waals surface area contributed by atoms with Gasteiger partial charge in [-0.15, -0.1) is 0 Å². The lowest BCUT2D eigenvalue weighted by atomic mass is 10.1. The Bertz CT molecular complexity index is 119. The topological polar surface area (TPSA) is 24.5 Å². The van der Waals surface area contributed by atoms with E-state index in [9.17, 15) is 0 Å². The summed E-state index contributed by atoms with van der Waals surface area (Å²) in [5, 5.41) is 3.17. The van der Waals surface area contributed by atoms with Crippen LogP contribution < -0.4 is 5.32 Å². The zero-order chi connectivity index (χ0) is 10.3. The molecular formula is C10H24N2O. The molecule has 0 aliphatic rings. The van der Waals surface area contributed by atoms with Gasteiger partial charge in [0.05, 0.1) is 6.61 Å². The first-order valence-corrected chi connectivity index (χ1v) is 4.99. The molecule has 0 aliphatic carbocycles. The van der Waals surface area contributed by atoms with Crippen LogP contribution in [0.2, 0.25) is 0 Å². The number of methoxy groups -OCH3 is 1. The van der Waals surface area contributed by atoms with E-state index in [-0.39, 0.29) is 0 Å². The summed E-state index contributed by atoms with van der Waals surface area (Å²) >= 11 is 0. The first kappa shape index (κ1) is 12.9. The lowest BCUT2D eigenvalue weighted by Crippen LogP contribution is -2.40. The Hall–Kier alpha value is -0.120. The van der Waals surface area contributed by atoms with Crippen LogP contribution in [-0.4, -0.2) is 51.3 Å². The molecule has 0 aromatic heterocycles. The van der Waals surface area contributed by atoms with Gasteiger partial charge in [-0.05, 0) is 40.9 Å². The molecule has 0 bridgehead atoms. The van der Waals surface area contributed by atoms with E-state index >= 15 is 0 Å². The van der Waals surface area contributed by atoms with E-state index in [0.29, 0.717) is 12.1 Å². The molecule has 0 rings (SSSR count). The smallest absolute Gasteiger partial charge is 0.0615 e. The SMILES string of the molecule is CNCCC(C)N(C)C(C)COC. The minimum Gasteiger partial charge on any atom is -0.383 e. The van der Waals surface area contributed by atoms with Crippen LogP contribution in [0.1, 0.15) is 20.3 Å². The first-order valence-electron chi connectivity index (χ1n) is 4.99. The summed E-state index contributed by atoms with van der Waals surface area (Å²) in [4.78, 5) is 2.36. The highest BCUT2D eigenvalue weighted by Gasteiger charge is 2.14. The largest absolute Gasteiger partial charge is 0.383 e. The summed E-state index contributed by atoms with van der Waals surface area (Å²) in [6.45, 7) is 6.33. The van der Waals surface area contributed by atoms with E-state index in [1.165, 1.54) is 6.42 Å². The van der Waals surface area contributed by atoms with Crippen molar-refractivity contribution in [3.8, 4) is 0 Å². The van der Waals surface area contributed by atoms with Gasteiger partial charge >= 0.3 is 0 Å². The van der Waals surface area contributed by atoms with Gasteiger partial charge < -0.3 is 10.1 Å². The molecule has 3 nitrogen and oxygen atoms in total. The molecule has 0 aromatic rings. The molecule has 0 amide bonds. The molecule has 0 aromatic carbocycles. The number of likely N-dealkylation sites (N-methyl/N-ethyl adjacent to an activating group) is 1. The van der Waals surface area contributed by atoms with Crippen molar-refractivity contribution in [1.82, 2.24) is 10.2 Å². The summed E-state index contributed by atoms with van der Waals surface area (Å²) in [6, 6.07) is 1.11. The third-order valence-electron chi connectivity index (χ3n) is 2.61. The van der Waals surface area contributed by atoms with E-state index in [1.54, 1.807) is 7.11 Å². The maximum absolute atomic E-state index is 5.12. The van der Waals surface area contributed by atoms with Gasteiger partial charge in [-0.1, -0.05) is 0 Å². The van der Waals surface area contributed by atoms with Crippen molar-refractivity contribution in [3.05, 3.63) is 0 Å². The molecule has 0 saturated carbocycles. The minimum atomic E-state index is 0.497. The van der Waals surface area contributed by atoms with E-state index in [1.807, 2.05) is 7.05 Å². The van der Waals surface area contributed by atoms with E-state index < -0.39 is 0 Å². The highest BCUT2D eigenvalue weighted by molar-refractivity contribution is 4.70. The van der Waals surface area contributed by atoms with Crippen molar-refractivity contribution in [1.29, 1.82) is 0 Å². The Kier molecular flexibility index (Phi) is 7.23.